The highest BCUT2D eigenvalue weighted by Crippen LogP contribution is 2.10. The number of hydrogen-bond acceptors (Lipinski definition) is 5. The van der Waals surface area contributed by atoms with E-state index in [1.54, 1.807) is 18.6 Å². The van der Waals surface area contributed by atoms with Crippen LogP contribution in [0, 0.1) is 0 Å². The Kier molecular flexibility index (Phi) is 3.78. The third-order valence-electron chi connectivity index (χ3n) is 2.42. The quantitative estimate of drug-likeness (QED) is 0.831. The lowest BCUT2D eigenvalue weighted by molar-refractivity contribution is 0.883. The molecule has 92 valence electrons. The Morgan fingerprint density at radius 3 is 2.72 bits per heavy atom. The van der Waals surface area contributed by atoms with E-state index in [4.69, 9.17) is 18.0 Å². The van der Waals surface area contributed by atoms with Crippen LogP contribution in [-0.4, -0.2) is 27.0 Å². The van der Waals surface area contributed by atoms with Gasteiger partial charge in [0.15, 0.2) is 0 Å². The Morgan fingerprint density at radius 2 is 2.17 bits per heavy atom. The molecule has 0 fully saturated rings. The minimum absolute atomic E-state index is 0.254. The molecule has 0 aliphatic carbocycles. The Labute approximate surface area is 111 Å². The molecule has 0 atom stereocenters. The summed E-state index contributed by atoms with van der Waals surface area (Å²) in [6.07, 6.45) is 6.82. The van der Waals surface area contributed by atoms with Crippen molar-refractivity contribution in [3.05, 3.63) is 48.2 Å². The predicted molar refractivity (Wildman–Crippen MR) is 74.3 cm³/mol. The van der Waals surface area contributed by atoms with Crippen molar-refractivity contribution in [2.24, 2.45) is 5.73 Å². The lowest BCUT2D eigenvalue weighted by Crippen LogP contribution is -2.19. The summed E-state index contributed by atoms with van der Waals surface area (Å²) in [7, 11) is 1.94. The Morgan fingerprint density at radius 1 is 1.33 bits per heavy atom. The van der Waals surface area contributed by atoms with Gasteiger partial charge in [0.2, 0.25) is 0 Å². The Bertz CT molecular complexity index is 526. The normalized spacial score (nSPS) is 10.1. The minimum Gasteiger partial charge on any atom is -0.388 e. The lowest BCUT2D eigenvalue weighted by Gasteiger charge is -2.17. The van der Waals surface area contributed by atoms with Crippen LogP contribution in [0.2, 0.25) is 0 Å². The van der Waals surface area contributed by atoms with E-state index in [2.05, 4.69) is 15.0 Å². The first-order chi connectivity index (χ1) is 8.66. The molecule has 0 spiro atoms. The molecule has 0 radical (unpaired) electrons. The molecule has 0 aliphatic heterocycles. The van der Waals surface area contributed by atoms with Crippen molar-refractivity contribution >= 4 is 23.0 Å². The molecule has 0 aliphatic rings. The SMILES string of the molecule is CN(Cc1cccnc1)c1cnc(C(N)=S)cn1. The Hall–Kier alpha value is -2.08. The van der Waals surface area contributed by atoms with Gasteiger partial charge in [-0.05, 0) is 11.6 Å². The van der Waals surface area contributed by atoms with Crippen molar-refractivity contribution in [2.75, 3.05) is 11.9 Å². The maximum absolute atomic E-state index is 5.47. The largest absolute Gasteiger partial charge is 0.388 e. The van der Waals surface area contributed by atoms with E-state index < -0.39 is 0 Å². The summed E-state index contributed by atoms with van der Waals surface area (Å²) in [5, 5.41) is 0. The van der Waals surface area contributed by atoms with Crippen molar-refractivity contribution < 1.29 is 0 Å². The van der Waals surface area contributed by atoms with Crippen LogP contribution in [0.3, 0.4) is 0 Å². The molecule has 0 amide bonds. The number of nitrogens with zero attached hydrogens (tertiary/aromatic N) is 4. The number of aromatic nitrogens is 3. The summed E-state index contributed by atoms with van der Waals surface area (Å²) in [4.78, 5) is 14.7. The summed E-state index contributed by atoms with van der Waals surface area (Å²) in [5.41, 5.74) is 7.11. The zero-order chi connectivity index (χ0) is 13.0. The molecule has 0 saturated heterocycles. The van der Waals surface area contributed by atoms with Gasteiger partial charge >= 0.3 is 0 Å². The van der Waals surface area contributed by atoms with E-state index in [1.165, 1.54) is 0 Å². The summed E-state index contributed by atoms with van der Waals surface area (Å²) in [5.74, 6) is 0.763. The lowest BCUT2D eigenvalue weighted by atomic mass is 10.3. The fourth-order valence-corrected chi connectivity index (χ4v) is 1.60. The fourth-order valence-electron chi connectivity index (χ4n) is 1.49. The third kappa shape index (κ3) is 2.98. The van der Waals surface area contributed by atoms with E-state index >= 15 is 0 Å². The zero-order valence-corrected chi connectivity index (χ0v) is 10.8. The summed E-state index contributed by atoms with van der Waals surface area (Å²) in [6.45, 7) is 0.717. The molecule has 18 heavy (non-hydrogen) atoms. The van der Waals surface area contributed by atoms with Gasteiger partial charge in [-0.3, -0.25) is 4.98 Å². The summed E-state index contributed by atoms with van der Waals surface area (Å²) >= 11 is 4.83. The van der Waals surface area contributed by atoms with Gasteiger partial charge in [-0.2, -0.15) is 0 Å². The van der Waals surface area contributed by atoms with Crippen LogP contribution in [0.4, 0.5) is 5.82 Å². The first-order valence-corrected chi connectivity index (χ1v) is 5.79. The van der Waals surface area contributed by atoms with E-state index in [9.17, 15) is 0 Å². The molecule has 2 aromatic rings. The highest BCUT2D eigenvalue weighted by molar-refractivity contribution is 7.80. The maximum Gasteiger partial charge on any atom is 0.147 e. The topological polar surface area (TPSA) is 67.9 Å². The molecule has 5 nitrogen and oxygen atoms in total. The molecule has 0 aromatic carbocycles. The van der Waals surface area contributed by atoms with Crippen molar-refractivity contribution in [1.82, 2.24) is 15.0 Å². The van der Waals surface area contributed by atoms with Gasteiger partial charge in [0.25, 0.3) is 0 Å². The number of thiocarbonyl (C=S) groups is 1. The van der Waals surface area contributed by atoms with E-state index in [-0.39, 0.29) is 4.99 Å². The number of nitrogens with two attached hydrogens (primary N) is 1. The first-order valence-electron chi connectivity index (χ1n) is 5.38. The van der Waals surface area contributed by atoms with Crippen molar-refractivity contribution in [2.45, 2.75) is 6.54 Å². The molecule has 2 N–H and O–H groups in total. The maximum atomic E-state index is 5.47. The van der Waals surface area contributed by atoms with Crippen LogP contribution in [0.15, 0.2) is 36.9 Å². The summed E-state index contributed by atoms with van der Waals surface area (Å²) in [6, 6.07) is 3.92. The molecule has 6 heteroatoms. The second kappa shape index (κ2) is 5.50. The standard InChI is InChI=1S/C12H13N5S/c1-17(8-9-3-2-4-14-5-9)11-7-15-10(6-16-11)12(13)18/h2-7H,8H2,1H3,(H2,13,18). The van der Waals surface area contributed by atoms with Gasteiger partial charge in [-0.1, -0.05) is 18.3 Å². The van der Waals surface area contributed by atoms with Crippen LogP contribution < -0.4 is 10.6 Å². The number of rotatable bonds is 4. The predicted octanol–water partition coefficient (Wildman–Crippen LogP) is 1.14. The summed E-state index contributed by atoms with van der Waals surface area (Å²) < 4.78 is 0. The molecule has 0 unspecified atom stereocenters. The number of hydrogen-bond donors (Lipinski definition) is 1. The molecule has 0 bridgehead atoms. The highest BCUT2D eigenvalue weighted by Gasteiger charge is 2.05. The van der Waals surface area contributed by atoms with E-state index in [0.29, 0.717) is 5.69 Å². The Balaban J connectivity index is 2.09. The second-order valence-corrected chi connectivity index (χ2v) is 4.28. The van der Waals surface area contributed by atoms with Gasteiger partial charge < -0.3 is 10.6 Å². The van der Waals surface area contributed by atoms with Crippen LogP contribution in [0.1, 0.15) is 11.3 Å². The van der Waals surface area contributed by atoms with Gasteiger partial charge in [0, 0.05) is 26.0 Å². The van der Waals surface area contributed by atoms with Gasteiger partial charge in [0.05, 0.1) is 12.4 Å². The van der Waals surface area contributed by atoms with Crippen LogP contribution in [-0.2, 0) is 6.54 Å². The van der Waals surface area contributed by atoms with Crippen molar-refractivity contribution in [3.8, 4) is 0 Å². The minimum atomic E-state index is 0.254. The number of anilines is 1. The van der Waals surface area contributed by atoms with Crippen LogP contribution >= 0.6 is 12.2 Å². The smallest absolute Gasteiger partial charge is 0.147 e. The van der Waals surface area contributed by atoms with Gasteiger partial charge in [-0.25, -0.2) is 9.97 Å². The monoisotopic (exact) mass is 259 g/mol. The third-order valence-corrected chi connectivity index (χ3v) is 2.63. The fraction of sp³-hybridized carbons (Fsp3) is 0.167. The van der Waals surface area contributed by atoms with Crippen molar-refractivity contribution in [1.29, 1.82) is 0 Å². The van der Waals surface area contributed by atoms with Crippen LogP contribution in [0.5, 0.6) is 0 Å². The average Bonchev–Trinajstić information content (AvgIpc) is 2.40. The molecule has 2 rings (SSSR count). The highest BCUT2D eigenvalue weighted by atomic mass is 32.1. The van der Waals surface area contributed by atoms with E-state index in [0.717, 1.165) is 17.9 Å². The molecular formula is C12H13N5S. The van der Waals surface area contributed by atoms with E-state index in [1.807, 2.05) is 30.3 Å². The second-order valence-electron chi connectivity index (χ2n) is 3.84. The average molecular weight is 259 g/mol. The van der Waals surface area contributed by atoms with Crippen molar-refractivity contribution in [3.63, 3.8) is 0 Å². The zero-order valence-electron chi connectivity index (χ0n) is 9.95. The molecular weight excluding hydrogens is 246 g/mol. The molecule has 2 aromatic heterocycles. The first kappa shape index (κ1) is 12.4. The van der Waals surface area contributed by atoms with Gasteiger partial charge in [-0.15, -0.1) is 0 Å². The van der Waals surface area contributed by atoms with Crippen LogP contribution in [0.25, 0.3) is 0 Å². The molecule has 2 heterocycles. The molecule has 0 saturated carbocycles. The van der Waals surface area contributed by atoms with Gasteiger partial charge in [0.1, 0.15) is 16.5 Å². The number of pyridine rings is 1.